The molecule has 0 amide bonds. The number of hydrogen-bond donors (Lipinski definition) is 2. The molecule has 1 aromatic carbocycles. The highest BCUT2D eigenvalue weighted by atomic mass is 35.5. The standard InChI is InChI=1S/C19H24ClN3O3/c1-11(13-8-9-13)22-17(19(24)26-4)16(20)18(21)23-12(2)14-6-5-7-15(10-14)25-3/h5-7,10,12-13,22H,1,8-9H2,2-4H3,(H2,21,23)/t12-/m0/s1. The number of allylic oxidation sites excluding steroid dienone is 1. The SMILES string of the molecule is C=C(NC(C(=O)OC)=C(Cl)C(N)=N[C@@H](C)c1cccc(OC)c1)C1CC1. The number of carbonyl (C=O) groups is 1. The van der Waals surface area contributed by atoms with Gasteiger partial charge in [0.05, 0.1) is 20.3 Å². The summed E-state index contributed by atoms with van der Waals surface area (Å²) in [4.78, 5) is 16.5. The molecule has 1 aliphatic rings. The molecule has 1 saturated carbocycles. The van der Waals surface area contributed by atoms with Crippen LogP contribution in [0.1, 0.15) is 31.4 Å². The van der Waals surface area contributed by atoms with Gasteiger partial charge in [-0.3, -0.25) is 4.99 Å². The summed E-state index contributed by atoms with van der Waals surface area (Å²) in [5.41, 5.74) is 7.71. The lowest BCUT2D eigenvalue weighted by atomic mass is 10.1. The maximum absolute atomic E-state index is 12.1. The highest BCUT2D eigenvalue weighted by molar-refractivity contribution is 6.44. The first-order valence-corrected chi connectivity index (χ1v) is 8.66. The third-order valence-corrected chi connectivity index (χ3v) is 4.48. The number of halogens is 1. The van der Waals surface area contributed by atoms with Crippen molar-refractivity contribution in [2.24, 2.45) is 16.6 Å². The van der Waals surface area contributed by atoms with Gasteiger partial charge in [0.1, 0.15) is 22.3 Å². The first kappa shape index (κ1) is 19.8. The lowest BCUT2D eigenvalue weighted by Gasteiger charge is -2.14. The van der Waals surface area contributed by atoms with Crippen LogP contribution in [0.2, 0.25) is 0 Å². The molecule has 2 rings (SSSR count). The van der Waals surface area contributed by atoms with Gasteiger partial charge in [-0.15, -0.1) is 0 Å². The minimum absolute atomic E-state index is 0.00777. The second kappa shape index (κ2) is 8.76. The molecule has 0 aliphatic heterocycles. The van der Waals surface area contributed by atoms with E-state index >= 15 is 0 Å². The van der Waals surface area contributed by atoms with Crippen LogP contribution in [-0.2, 0) is 9.53 Å². The Morgan fingerprint density at radius 2 is 2.12 bits per heavy atom. The maximum atomic E-state index is 12.1. The van der Waals surface area contributed by atoms with Gasteiger partial charge < -0.3 is 20.5 Å². The molecular formula is C19H24ClN3O3. The van der Waals surface area contributed by atoms with Gasteiger partial charge in [0.25, 0.3) is 0 Å². The molecule has 0 aromatic heterocycles. The number of ether oxygens (including phenoxy) is 2. The largest absolute Gasteiger partial charge is 0.497 e. The van der Waals surface area contributed by atoms with Crippen molar-refractivity contribution in [1.82, 2.24) is 5.32 Å². The molecule has 1 atom stereocenters. The molecule has 3 N–H and O–H groups in total. The average molecular weight is 378 g/mol. The lowest BCUT2D eigenvalue weighted by Crippen LogP contribution is -2.27. The van der Waals surface area contributed by atoms with E-state index in [1.807, 2.05) is 31.2 Å². The Labute approximate surface area is 158 Å². The molecule has 140 valence electrons. The van der Waals surface area contributed by atoms with Crippen LogP contribution in [0.25, 0.3) is 0 Å². The molecule has 26 heavy (non-hydrogen) atoms. The first-order valence-electron chi connectivity index (χ1n) is 8.28. The molecule has 0 bridgehead atoms. The monoisotopic (exact) mass is 377 g/mol. The van der Waals surface area contributed by atoms with Crippen molar-refractivity contribution >= 4 is 23.4 Å². The lowest BCUT2D eigenvalue weighted by molar-refractivity contribution is -0.136. The van der Waals surface area contributed by atoms with Gasteiger partial charge in [-0.25, -0.2) is 4.79 Å². The van der Waals surface area contributed by atoms with Crippen LogP contribution in [-0.4, -0.2) is 26.0 Å². The maximum Gasteiger partial charge on any atom is 0.356 e. The van der Waals surface area contributed by atoms with Gasteiger partial charge in [-0.05, 0) is 43.4 Å². The Hall–Kier alpha value is -2.47. The van der Waals surface area contributed by atoms with Gasteiger partial charge in [0.15, 0.2) is 0 Å². The number of nitrogens with zero attached hydrogens (tertiary/aromatic N) is 1. The molecule has 6 nitrogen and oxygen atoms in total. The number of carbonyl (C=O) groups excluding carboxylic acids is 1. The molecule has 7 heteroatoms. The molecule has 0 spiro atoms. The van der Waals surface area contributed by atoms with Crippen LogP contribution in [0.3, 0.4) is 0 Å². The topological polar surface area (TPSA) is 85.9 Å². The van der Waals surface area contributed by atoms with E-state index in [0.717, 1.165) is 29.9 Å². The van der Waals surface area contributed by atoms with Crippen molar-refractivity contribution in [3.8, 4) is 5.75 Å². The number of amidine groups is 1. The third-order valence-electron chi connectivity index (χ3n) is 4.10. The van der Waals surface area contributed by atoms with E-state index in [0.29, 0.717) is 5.92 Å². The van der Waals surface area contributed by atoms with Crippen molar-refractivity contribution in [3.05, 3.63) is 52.8 Å². The van der Waals surface area contributed by atoms with Gasteiger partial charge in [0.2, 0.25) is 0 Å². The highest BCUT2D eigenvalue weighted by Crippen LogP contribution is 2.34. The fourth-order valence-corrected chi connectivity index (χ4v) is 2.53. The van der Waals surface area contributed by atoms with Crippen LogP contribution in [0.5, 0.6) is 5.75 Å². The predicted octanol–water partition coefficient (Wildman–Crippen LogP) is 3.25. The molecule has 0 unspecified atom stereocenters. The molecule has 0 heterocycles. The van der Waals surface area contributed by atoms with E-state index in [1.165, 1.54) is 7.11 Å². The van der Waals surface area contributed by atoms with E-state index < -0.39 is 5.97 Å². The van der Waals surface area contributed by atoms with Crippen LogP contribution in [0, 0.1) is 5.92 Å². The molecule has 1 fully saturated rings. The van der Waals surface area contributed by atoms with E-state index in [4.69, 9.17) is 26.8 Å². The third kappa shape index (κ3) is 5.02. The molecule has 0 saturated heterocycles. The van der Waals surface area contributed by atoms with Crippen LogP contribution < -0.4 is 15.8 Å². The van der Waals surface area contributed by atoms with E-state index in [1.54, 1.807) is 7.11 Å². The van der Waals surface area contributed by atoms with Gasteiger partial charge in [-0.1, -0.05) is 30.3 Å². The number of benzene rings is 1. The number of nitrogens with two attached hydrogens (primary N) is 1. The summed E-state index contributed by atoms with van der Waals surface area (Å²) in [6.45, 7) is 5.81. The van der Waals surface area contributed by atoms with Crippen LogP contribution in [0.15, 0.2) is 52.3 Å². The predicted molar refractivity (Wildman–Crippen MR) is 103 cm³/mol. The van der Waals surface area contributed by atoms with Crippen molar-refractivity contribution < 1.29 is 14.3 Å². The fraction of sp³-hybridized carbons (Fsp3) is 0.368. The fourth-order valence-electron chi connectivity index (χ4n) is 2.36. The Bertz CT molecular complexity index is 754. The molecule has 1 aromatic rings. The van der Waals surface area contributed by atoms with Gasteiger partial charge in [0, 0.05) is 5.70 Å². The zero-order valence-electron chi connectivity index (χ0n) is 15.2. The van der Waals surface area contributed by atoms with E-state index in [9.17, 15) is 4.79 Å². The summed E-state index contributed by atoms with van der Waals surface area (Å²) >= 11 is 6.32. The Kier molecular flexibility index (Phi) is 6.69. The van der Waals surface area contributed by atoms with Crippen molar-refractivity contribution in [1.29, 1.82) is 0 Å². The van der Waals surface area contributed by atoms with Crippen LogP contribution in [0.4, 0.5) is 0 Å². The van der Waals surface area contributed by atoms with Crippen molar-refractivity contribution in [2.75, 3.05) is 14.2 Å². The van der Waals surface area contributed by atoms with Crippen molar-refractivity contribution in [3.63, 3.8) is 0 Å². The zero-order valence-corrected chi connectivity index (χ0v) is 16.0. The minimum Gasteiger partial charge on any atom is -0.497 e. The number of aliphatic imine (C=N–C) groups is 1. The second-order valence-corrected chi connectivity index (χ2v) is 6.45. The zero-order chi connectivity index (χ0) is 19.3. The average Bonchev–Trinajstić information content (AvgIpc) is 3.49. The van der Waals surface area contributed by atoms with Gasteiger partial charge in [-0.2, -0.15) is 0 Å². The summed E-state index contributed by atoms with van der Waals surface area (Å²) in [5, 5.41) is 2.95. The number of nitrogens with one attached hydrogen (secondary N) is 1. The van der Waals surface area contributed by atoms with E-state index in [-0.39, 0.29) is 22.6 Å². The van der Waals surface area contributed by atoms with E-state index in [2.05, 4.69) is 16.9 Å². The Morgan fingerprint density at radius 1 is 1.42 bits per heavy atom. The first-order chi connectivity index (χ1) is 12.4. The summed E-state index contributed by atoms with van der Waals surface area (Å²) in [5.74, 6) is 0.484. The quantitative estimate of drug-likeness (QED) is 0.314. The molecule has 0 radical (unpaired) electrons. The normalized spacial score (nSPS) is 16.4. The van der Waals surface area contributed by atoms with Crippen LogP contribution >= 0.6 is 11.6 Å². The van der Waals surface area contributed by atoms with Crippen molar-refractivity contribution in [2.45, 2.75) is 25.8 Å². The molecular weight excluding hydrogens is 354 g/mol. The number of rotatable bonds is 8. The Morgan fingerprint density at radius 3 is 2.69 bits per heavy atom. The summed E-state index contributed by atoms with van der Waals surface area (Å²) < 4.78 is 10.0. The highest BCUT2D eigenvalue weighted by Gasteiger charge is 2.28. The number of hydrogen-bond acceptors (Lipinski definition) is 5. The minimum atomic E-state index is -0.621. The summed E-state index contributed by atoms with van der Waals surface area (Å²) in [6.07, 6.45) is 2.07. The summed E-state index contributed by atoms with van der Waals surface area (Å²) in [7, 11) is 2.88. The smallest absolute Gasteiger partial charge is 0.356 e. The van der Waals surface area contributed by atoms with Gasteiger partial charge >= 0.3 is 5.97 Å². The number of methoxy groups -OCH3 is 2. The second-order valence-electron chi connectivity index (χ2n) is 6.07. The molecule has 1 aliphatic carbocycles. The number of esters is 1. The Balaban J connectivity index is 2.27. The summed E-state index contributed by atoms with van der Waals surface area (Å²) in [6, 6.07) is 7.22.